The summed E-state index contributed by atoms with van der Waals surface area (Å²) in [6.07, 6.45) is 0. The summed E-state index contributed by atoms with van der Waals surface area (Å²) in [7, 11) is -3.65. The molecule has 0 radical (unpaired) electrons. The van der Waals surface area contributed by atoms with Gasteiger partial charge in [0.1, 0.15) is 0 Å². The minimum absolute atomic E-state index is 0.124. The molecule has 0 bridgehead atoms. The van der Waals surface area contributed by atoms with Gasteiger partial charge in [-0.05, 0) is 36.8 Å². The van der Waals surface area contributed by atoms with Crippen molar-refractivity contribution in [1.29, 1.82) is 5.26 Å². The molecule has 1 aromatic carbocycles. The average molecular weight is 327 g/mol. The fourth-order valence-corrected chi connectivity index (χ4v) is 4.04. The predicted molar refractivity (Wildman–Crippen MR) is 79.2 cm³/mol. The second-order valence-corrected chi connectivity index (χ2v) is 7.66. The summed E-state index contributed by atoms with van der Waals surface area (Å²) in [6.45, 7) is 1.87. The summed E-state index contributed by atoms with van der Waals surface area (Å²) in [5.41, 5.74) is 0.913. The number of thiophene rings is 1. The van der Waals surface area contributed by atoms with Gasteiger partial charge in [0, 0.05) is 11.4 Å². The molecule has 0 fully saturated rings. The molecule has 0 unspecified atom stereocenters. The number of nitrogens with one attached hydrogen (secondary N) is 1. The molecule has 2 rings (SSSR count). The van der Waals surface area contributed by atoms with Crippen LogP contribution in [0.5, 0.6) is 0 Å². The lowest BCUT2D eigenvalue weighted by Gasteiger charge is -2.08. The highest BCUT2D eigenvalue weighted by atomic mass is 35.5. The number of nitrogens with zero attached hydrogens (tertiary/aromatic N) is 1. The summed E-state index contributed by atoms with van der Waals surface area (Å²) < 4.78 is 27.6. The van der Waals surface area contributed by atoms with Crippen molar-refractivity contribution in [2.75, 3.05) is 0 Å². The van der Waals surface area contributed by atoms with Crippen LogP contribution in [0.3, 0.4) is 0 Å². The lowest BCUT2D eigenvalue weighted by molar-refractivity contribution is 0.581. The van der Waals surface area contributed by atoms with Crippen LogP contribution in [-0.2, 0) is 16.6 Å². The first-order valence-electron chi connectivity index (χ1n) is 5.67. The van der Waals surface area contributed by atoms with Crippen LogP contribution in [0.25, 0.3) is 0 Å². The first kappa shape index (κ1) is 15.0. The fraction of sp³-hybridized carbons (Fsp3) is 0.154. The van der Waals surface area contributed by atoms with Crippen LogP contribution in [0.15, 0.2) is 35.2 Å². The van der Waals surface area contributed by atoms with Crippen LogP contribution in [0.1, 0.15) is 16.0 Å². The Morgan fingerprint density at radius 1 is 1.35 bits per heavy atom. The Kier molecular flexibility index (Phi) is 4.45. The van der Waals surface area contributed by atoms with E-state index in [1.807, 2.05) is 6.07 Å². The standard InChI is InChI=1S/C13H11ClN2O2S2/c1-9-2-3-10(7-15)6-12(9)20(17,18)16-8-11-4-5-13(14)19-11/h2-6,16H,8H2,1H3. The second kappa shape index (κ2) is 5.94. The van der Waals surface area contributed by atoms with Gasteiger partial charge in [0.25, 0.3) is 0 Å². The molecular formula is C13H11ClN2O2S2. The van der Waals surface area contributed by atoms with Crippen molar-refractivity contribution < 1.29 is 8.42 Å². The molecule has 7 heteroatoms. The number of halogens is 1. The van der Waals surface area contributed by atoms with Gasteiger partial charge in [-0.25, -0.2) is 13.1 Å². The number of hydrogen-bond acceptors (Lipinski definition) is 4. The van der Waals surface area contributed by atoms with Crippen molar-refractivity contribution in [3.63, 3.8) is 0 Å². The van der Waals surface area contributed by atoms with E-state index in [4.69, 9.17) is 16.9 Å². The zero-order chi connectivity index (χ0) is 14.8. The minimum atomic E-state index is -3.65. The van der Waals surface area contributed by atoms with Gasteiger partial charge in [-0.1, -0.05) is 17.7 Å². The fourth-order valence-electron chi connectivity index (χ4n) is 1.65. The highest BCUT2D eigenvalue weighted by molar-refractivity contribution is 7.89. The van der Waals surface area contributed by atoms with Crippen LogP contribution in [0.4, 0.5) is 0 Å². The SMILES string of the molecule is Cc1ccc(C#N)cc1S(=O)(=O)NCc1ccc(Cl)s1. The van der Waals surface area contributed by atoms with Crippen LogP contribution < -0.4 is 4.72 Å². The van der Waals surface area contributed by atoms with Crippen molar-refractivity contribution in [2.24, 2.45) is 0 Å². The van der Waals surface area contributed by atoms with E-state index < -0.39 is 10.0 Å². The molecule has 0 amide bonds. The van der Waals surface area contributed by atoms with Gasteiger partial charge in [-0.3, -0.25) is 0 Å². The van der Waals surface area contributed by atoms with E-state index in [-0.39, 0.29) is 11.4 Å². The molecular weight excluding hydrogens is 316 g/mol. The maximum Gasteiger partial charge on any atom is 0.241 e. The van der Waals surface area contributed by atoms with Gasteiger partial charge < -0.3 is 0 Å². The number of nitriles is 1. The van der Waals surface area contributed by atoms with Crippen molar-refractivity contribution in [3.8, 4) is 6.07 Å². The first-order valence-corrected chi connectivity index (χ1v) is 8.35. The Morgan fingerprint density at radius 3 is 2.70 bits per heavy atom. The van der Waals surface area contributed by atoms with Gasteiger partial charge >= 0.3 is 0 Å². The minimum Gasteiger partial charge on any atom is -0.207 e. The number of hydrogen-bond donors (Lipinski definition) is 1. The van der Waals surface area contributed by atoms with Gasteiger partial charge in [-0.2, -0.15) is 5.26 Å². The van der Waals surface area contributed by atoms with Crippen molar-refractivity contribution >= 4 is 33.0 Å². The Labute approximate surface area is 126 Å². The highest BCUT2D eigenvalue weighted by Gasteiger charge is 2.17. The molecule has 0 aliphatic heterocycles. The molecule has 0 atom stereocenters. The molecule has 1 heterocycles. The lowest BCUT2D eigenvalue weighted by Crippen LogP contribution is -2.23. The van der Waals surface area contributed by atoms with Crippen LogP contribution in [-0.4, -0.2) is 8.42 Å². The molecule has 1 aromatic heterocycles. The van der Waals surface area contributed by atoms with Crippen LogP contribution >= 0.6 is 22.9 Å². The van der Waals surface area contributed by atoms with Crippen LogP contribution in [0.2, 0.25) is 4.34 Å². The Hall–Kier alpha value is -1.39. The maximum atomic E-state index is 12.3. The number of aryl methyl sites for hydroxylation is 1. The van der Waals surface area contributed by atoms with Gasteiger partial charge in [0.05, 0.1) is 20.9 Å². The third-order valence-electron chi connectivity index (χ3n) is 2.67. The predicted octanol–water partition coefficient (Wildman–Crippen LogP) is 3.06. The molecule has 0 saturated carbocycles. The molecule has 0 spiro atoms. The van der Waals surface area contributed by atoms with E-state index in [2.05, 4.69) is 4.72 Å². The second-order valence-electron chi connectivity index (χ2n) is 4.12. The third-order valence-corrected chi connectivity index (χ3v) is 5.45. The summed E-state index contributed by atoms with van der Waals surface area (Å²) in [5, 5.41) is 8.85. The summed E-state index contributed by atoms with van der Waals surface area (Å²) >= 11 is 7.12. The van der Waals surface area contributed by atoms with E-state index in [9.17, 15) is 8.42 Å². The van der Waals surface area contributed by atoms with E-state index in [0.717, 1.165) is 4.88 Å². The van der Waals surface area contributed by atoms with Crippen LogP contribution in [0, 0.1) is 18.3 Å². The normalized spacial score (nSPS) is 11.2. The van der Waals surface area contributed by atoms with E-state index in [1.54, 1.807) is 31.2 Å². The molecule has 0 aliphatic rings. The number of rotatable bonds is 4. The third kappa shape index (κ3) is 3.38. The molecule has 20 heavy (non-hydrogen) atoms. The first-order chi connectivity index (χ1) is 9.42. The summed E-state index contributed by atoms with van der Waals surface area (Å²) in [5.74, 6) is 0. The zero-order valence-corrected chi connectivity index (χ0v) is 12.9. The Balaban J connectivity index is 2.24. The summed E-state index contributed by atoms with van der Waals surface area (Å²) in [6, 6.07) is 10.0. The Morgan fingerprint density at radius 2 is 2.10 bits per heavy atom. The van der Waals surface area contributed by atoms with Gasteiger partial charge in [0.15, 0.2) is 0 Å². The monoisotopic (exact) mass is 326 g/mol. The molecule has 4 nitrogen and oxygen atoms in total. The van der Waals surface area contributed by atoms with E-state index in [1.165, 1.54) is 17.4 Å². The van der Waals surface area contributed by atoms with Gasteiger partial charge in [0.2, 0.25) is 10.0 Å². The topological polar surface area (TPSA) is 70.0 Å². The van der Waals surface area contributed by atoms with E-state index in [0.29, 0.717) is 15.5 Å². The highest BCUT2D eigenvalue weighted by Crippen LogP contribution is 2.22. The smallest absolute Gasteiger partial charge is 0.207 e. The lowest BCUT2D eigenvalue weighted by atomic mass is 10.2. The molecule has 0 aliphatic carbocycles. The molecule has 2 aromatic rings. The van der Waals surface area contributed by atoms with Crippen molar-refractivity contribution in [3.05, 3.63) is 50.7 Å². The molecule has 104 valence electrons. The number of sulfonamides is 1. The number of benzene rings is 1. The van der Waals surface area contributed by atoms with Crippen molar-refractivity contribution in [2.45, 2.75) is 18.4 Å². The molecule has 1 N–H and O–H groups in total. The maximum absolute atomic E-state index is 12.3. The van der Waals surface area contributed by atoms with E-state index >= 15 is 0 Å². The quantitative estimate of drug-likeness (QED) is 0.938. The largest absolute Gasteiger partial charge is 0.241 e. The Bertz CT molecular complexity index is 776. The average Bonchev–Trinajstić information content (AvgIpc) is 2.83. The van der Waals surface area contributed by atoms with Crippen molar-refractivity contribution in [1.82, 2.24) is 4.72 Å². The molecule has 0 saturated heterocycles. The zero-order valence-electron chi connectivity index (χ0n) is 10.6. The van der Waals surface area contributed by atoms with Gasteiger partial charge in [-0.15, -0.1) is 11.3 Å². The summed E-state index contributed by atoms with van der Waals surface area (Å²) in [4.78, 5) is 0.951.